The first kappa shape index (κ1) is 13.9. The van der Waals surface area contributed by atoms with E-state index in [1.807, 2.05) is 31.9 Å². The van der Waals surface area contributed by atoms with E-state index in [-0.39, 0.29) is 11.4 Å². The molecule has 0 unspecified atom stereocenters. The van der Waals surface area contributed by atoms with Crippen LogP contribution >= 0.6 is 27.5 Å². The quantitative estimate of drug-likeness (QED) is 0.759. The van der Waals surface area contributed by atoms with Gasteiger partial charge in [0.25, 0.3) is 0 Å². The molecule has 0 atom stereocenters. The maximum Gasteiger partial charge on any atom is 0.128 e. The van der Waals surface area contributed by atoms with Gasteiger partial charge in [0.1, 0.15) is 5.82 Å². The van der Waals surface area contributed by atoms with Crippen LogP contribution in [0.4, 0.5) is 4.39 Å². The summed E-state index contributed by atoms with van der Waals surface area (Å²) in [5.74, 6) is 0.327. The molecule has 0 fully saturated rings. The molecule has 4 heteroatoms. The maximum absolute atomic E-state index is 13.6. The first-order valence-corrected chi connectivity index (χ1v) is 6.40. The van der Waals surface area contributed by atoms with E-state index < -0.39 is 0 Å². The van der Waals surface area contributed by atoms with Crippen molar-refractivity contribution in [3.8, 4) is 0 Å². The normalized spacial score (nSPS) is 12.2. The molecule has 0 aliphatic rings. The summed E-state index contributed by atoms with van der Waals surface area (Å²) in [6, 6.07) is 5.12. The van der Waals surface area contributed by atoms with Crippen molar-refractivity contribution in [1.82, 2.24) is 4.90 Å². The van der Waals surface area contributed by atoms with E-state index in [2.05, 4.69) is 15.9 Å². The van der Waals surface area contributed by atoms with Crippen LogP contribution in [0.5, 0.6) is 0 Å². The summed E-state index contributed by atoms with van der Waals surface area (Å²) in [7, 11) is 1.95. The molecule has 0 amide bonds. The van der Waals surface area contributed by atoms with Crippen molar-refractivity contribution in [3.05, 3.63) is 34.1 Å². The molecule has 1 nitrogen and oxygen atoms in total. The summed E-state index contributed by atoms with van der Waals surface area (Å²) in [6.07, 6.45) is 0. The van der Waals surface area contributed by atoms with E-state index in [1.54, 1.807) is 6.07 Å². The molecule has 1 aromatic carbocycles. The second kappa shape index (κ2) is 5.48. The molecular weight excluding hydrogens is 292 g/mol. The minimum atomic E-state index is -0.188. The van der Waals surface area contributed by atoms with Crippen molar-refractivity contribution in [2.24, 2.45) is 0 Å². The van der Waals surface area contributed by atoms with Gasteiger partial charge in [-0.25, -0.2) is 4.39 Å². The topological polar surface area (TPSA) is 3.24 Å². The highest BCUT2D eigenvalue weighted by molar-refractivity contribution is 9.10. The van der Waals surface area contributed by atoms with Crippen LogP contribution in [0, 0.1) is 5.82 Å². The standard InChI is InChI=1S/C12H16BrClFN/c1-12(2,8-14)16(3)7-9-4-5-10(13)6-11(9)15/h4-6H,7-8H2,1-3H3. The highest BCUT2D eigenvalue weighted by Gasteiger charge is 2.22. The number of rotatable bonds is 4. The molecule has 0 saturated heterocycles. The minimum absolute atomic E-state index is 0.138. The number of benzene rings is 1. The maximum atomic E-state index is 13.6. The molecule has 0 saturated carbocycles. The van der Waals surface area contributed by atoms with E-state index >= 15 is 0 Å². The summed E-state index contributed by atoms with van der Waals surface area (Å²) in [5, 5.41) is 0. The first-order chi connectivity index (χ1) is 7.36. The van der Waals surface area contributed by atoms with Gasteiger partial charge in [-0.15, -0.1) is 11.6 Å². The van der Waals surface area contributed by atoms with Crippen LogP contribution in [0.1, 0.15) is 19.4 Å². The number of hydrogen-bond acceptors (Lipinski definition) is 1. The van der Waals surface area contributed by atoms with Gasteiger partial charge in [0.15, 0.2) is 0 Å². The van der Waals surface area contributed by atoms with E-state index in [9.17, 15) is 4.39 Å². The van der Waals surface area contributed by atoms with Gasteiger partial charge in [-0.1, -0.05) is 22.0 Å². The Bertz CT molecular complexity index is 368. The van der Waals surface area contributed by atoms with Gasteiger partial charge in [-0.2, -0.15) is 0 Å². The fraction of sp³-hybridized carbons (Fsp3) is 0.500. The van der Waals surface area contributed by atoms with Crippen LogP contribution in [0.15, 0.2) is 22.7 Å². The van der Waals surface area contributed by atoms with Crippen molar-refractivity contribution in [1.29, 1.82) is 0 Å². The van der Waals surface area contributed by atoms with Gasteiger partial charge in [0.2, 0.25) is 0 Å². The Morgan fingerprint density at radius 3 is 2.56 bits per heavy atom. The number of nitrogens with zero attached hydrogens (tertiary/aromatic N) is 1. The highest BCUT2D eigenvalue weighted by Crippen LogP contribution is 2.21. The lowest BCUT2D eigenvalue weighted by Gasteiger charge is -2.33. The number of halogens is 3. The molecule has 0 heterocycles. The van der Waals surface area contributed by atoms with Crippen molar-refractivity contribution in [2.45, 2.75) is 25.9 Å². The fourth-order valence-electron chi connectivity index (χ4n) is 1.22. The zero-order valence-electron chi connectivity index (χ0n) is 9.73. The van der Waals surface area contributed by atoms with Gasteiger partial charge in [0.05, 0.1) is 0 Å². The van der Waals surface area contributed by atoms with E-state index in [0.29, 0.717) is 18.0 Å². The minimum Gasteiger partial charge on any atom is -0.296 e. The van der Waals surface area contributed by atoms with Crippen LogP contribution < -0.4 is 0 Å². The second-order valence-corrected chi connectivity index (χ2v) is 5.72. The van der Waals surface area contributed by atoms with Crippen LogP contribution in [-0.2, 0) is 6.54 Å². The lowest BCUT2D eigenvalue weighted by Crippen LogP contribution is -2.42. The van der Waals surface area contributed by atoms with Crippen molar-refractivity contribution >= 4 is 27.5 Å². The molecule has 0 spiro atoms. The third kappa shape index (κ3) is 3.44. The third-order valence-electron chi connectivity index (χ3n) is 2.78. The molecule has 0 aromatic heterocycles. The van der Waals surface area contributed by atoms with Crippen LogP contribution in [0.2, 0.25) is 0 Å². The first-order valence-electron chi connectivity index (χ1n) is 5.08. The SMILES string of the molecule is CN(Cc1ccc(Br)cc1F)C(C)(C)CCl. The average Bonchev–Trinajstić information content (AvgIpc) is 2.22. The van der Waals surface area contributed by atoms with E-state index in [4.69, 9.17) is 11.6 Å². The summed E-state index contributed by atoms with van der Waals surface area (Å²) in [4.78, 5) is 2.05. The molecule has 1 aromatic rings. The predicted octanol–water partition coefficient (Wildman–Crippen LogP) is 4.04. The fourth-order valence-corrected chi connectivity index (χ4v) is 1.76. The van der Waals surface area contributed by atoms with Gasteiger partial charge in [-0.3, -0.25) is 4.90 Å². The Kier molecular flexibility index (Phi) is 4.77. The van der Waals surface area contributed by atoms with Gasteiger partial charge in [0, 0.05) is 28.0 Å². The predicted molar refractivity (Wildman–Crippen MR) is 70.4 cm³/mol. The van der Waals surface area contributed by atoms with Crippen molar-refractivity contribution in [3.63, 3.8) is 0 Å². The molecule has 0 bridgehead atoms. The second-order valence-electron chi connectivity index (χ2n) is 4.54. The van der Waals surface area contributed by atoms with E-state index in [0.717, 1.165) is 4.47 Å². The Balaban J connectivity index is 2.81. The van der Waals surface area contributed by atoms with Gasteiger partial charge >= 0.3 is 0 Å². The van der Waals surface area contributed by atoms with Gasteiger partial charge in [-0.05, 0) is 33.0 Å². The molecule has 90 valence electrons. The molecular formula is C12H16BrClFN. The monoisotopic (exact) mass is 307 g/mol. The Hall–Kier alpha value is -0.120. The molecule has 0 aliphatic carbocycles. The van der Waals surface area contributed by atoms with Crippen LogP contribution in [0.25, 0.3) is 0 Å². The zero-order chi connectivity index (χ0) is 12.3. The molecule has 0 N–H and O–H groups in total. The molecule has 1 rings (SSSR count). The summed E-state index contributed by atoms with van der Waals surface area (Å²) in [6.45, 7) is 4.63. The smallest absolute Gasteiger partial charge is 0.128 e. The Morgan fingerprint density at radius 2 is 2.06 bits per heavy atom. The Labute approximate surface area is 110 Å². The number of hydrogen-bond donors (Lipinski definition) is 0. The van der Waals surface area contributed by atoms with E-state index in [1.165, 1.54) is 6.07 Å². The van der Waals surface area contributed by atoms with Crippen molar-refractivity contribution in [2.75, 3.05) is 12.9 Å². The Morgan fingerprint density at radius 1 is 1.44 bits per heavy atom. The largest absolute Gasteiger partial charge is 0.296 e. The lowest BCUT2D eigenvalue weighted by atomic mass is 10.1. The summed E-state index contributed by atoms with van der Waals surface area (Å²) >= 11 is 9.12. The van der Waals surface area contributed by atoms with Crippen LogP contribution in [0.3, 0.4) is 0 Å². The zero-order valence-corrected chi connectivity index (χ0v) is 12.1. The number of alkyl halides is 1. The average molecular weight is 309 g/mol. The van der Waals surface area contributed by atoms with Crippen molar-refractivity contribution < 1.29 is 4.39 Å². The summed E-state index contributed by atoms with van der Waals surface area (Å²) < 4.78 is 14.4. The molecule has 0 radical (unpaired) electrons. The highest BCUT2D eigenvalue weighted by atomic mass is 79.9. The lowest BCUT2D eigenvalue weighted by molar-refractivity contribution is 0.169. The van der Waals surface area contributed by atoms with Crippen LogP contribution in [-0.4, -0.2) is 23.4 Å². The summed E-state index contributed by atoms with van der Waals surface area (Å²) in [5.41, 5.74) is 0.546. The third-order valence-corrected chi connectivity index (χ3v) is 3.93. The van der Waals surface area contributed by atoms with Gasteiger partial charge < -0.3 is 0 Å². The molecule has 0 aliphatic heterocycles. The molecule has 16 heavy (non-hydrogen) atoms.